The van der Waals surface area contributed by atoms with Crippen molar-refractivity contribution in [2.24, 2.45) is 0 Å². The number of hydrogen-bond donors (Lipinski definition) is 1. The highest BCUT2D eigenvalue weighted by atomic mass is 16.7. The molecule has 1 N–H and O–H groups in total. The van der Waals surface area contributed by atoms with Gasteiger partial charge >= 0.3 is 5.97 Å². The Morgan fingerprint density at radius 3 is 2.17 bits per heavy atom. The number of ether oxygens (including phenoxy) is 4. The number of methoxy groups -OCH3 is 2. The van der Waals surface area contributed by atoms with Gasteiger partial charge < -0.3 is 33.9 Å². The third-order valence-electron chi connectivity index (χ3n) is 7.36. The van der Waals surface area contributed by atoms with Crippen molar-refractivity contribution in [3.63, 3.8) is 0 Å². The Hall–Kier alpha value is -4.92. The molecule has 0 aliphatic carbocycles. The summed E-state index contributed by atoms with van der Waals surface area (Å²) in [5.74, 6) is 1.44. The van der Waals surface area contributed by atoms with Crippen LogP contribution in [0, 0.1) is 0 Å². The molecule has 0 aromatic heterocycles. The lowest BCUT2D eigenvalue weighted by molar-refractivity contribution is -0.132. The van der Waals surface area contributed by atoms with Gasteiger partial charge in [-0.3, -0.25) is 4.79 Å². The van der Waals surface area contributed by atoms with Crippen molar-refractivity contribution in [1.29, 1.82) is 0 Å². The minimum absolute atomic E-state index is 0.0819. The maximum Gasteiger partial charge on any atom is 0.338 e. The zero-order valence-electron chi connectivity index (χ0n) is 24.0. The number of hydrogen-bond acceptors (Lipinski definition) is 7. The summed E-state index contributed by atoms with van der Waals surface area (Å²) >= 11 is 0. The van der Waals surface area contributed by atoms with Crippen molar-refractivity contribution >= 4 is 23.1 Å². The van der Waals surface area contributed by atoms with Crippen molar-refractivity contribution in [2.75, 3.05) is 47.2 Å². The quantitative estimate of drug-likeness (QED) is 0.337. The van der Waals surface area contributed by atoms with Gasteiger partial charge in [-0.15, -0.1) is 0 Å². The summed E-state index contributed by atoms with van der Waals surface area (Å²) in [6, 6.07) is 19.9. The number of carboxylic acids is 1. The third kappa shape index (κ3) is 5.90. The van der Waals surface area contributed by atoms with E-state index in [1.54, 1.807) is 44.6 Å². The highest BCUT2D eigenvalue weighted by molar-refractivity contribution is 6.12. The molecule has 3 aromatic rings. The predicted octanol–water partition coefficient (Wildman–Crippen LogP) is 5.18. The van der Waals surface area contributed by atoms with Crippen molar-refractivity contribution in [2.45, 2.75) is 13.3 Å². The molecule has 42 heavy (non-hydrogen) atoms. The summed E-state index contributed by atoms with van der Waals surface area (Å²) in [5, 5.41) is 10.6. The van der Waals surface area contributed by atoms with Gasteiger partial charge in [0.15, 0.2) is 11.5 Å². The molecule has 218 valence electrons. The fourth-order valence-corrected chi connectivity index (χ4v) is 5.24. The van der Waals surface area contributed by atoms with E-state index in [-0.39, 0.29) is 18.3 Å². The number of benzene rings is 3. The Bertz CT molecular complexity index is 1510. The normalized spacial score (nSPS) is 14.0. The second-order valence-corrected chi connectivity index (χ2v) is 9.91. The fourth-order valence-electron chi connectivity index (χ4n) is 5.24. The lowest BCUT2D eigenvalue weighted by Gasteiger charge is -2.35. The molecule has 0 saturated carbocycles. The first-order valence-electron chi connectivity index (χ1n) is 13.8. The van der Waals surface area contributed by atoms with E-state index in [1.165, 1.54) is 0 Å². The number of rotatable bonds is 11. The highest BCUT2D eigenvalue weighted by Gasteiger charge is 2.30. The molecule has 0 radical (unpaired) electrons. The van der Waals surface area contributed by atoms with E-state index < -0.39 is 5.97 Å². The molecular formula is C33H34N2O7. The smallest absolute Gasteiger partial charge is 0.338 e. The summed E-state index contributed by atoms with van der Waals surface area (Å²) in [6.45, 7) is 4.04. The molecule has 0 bridgehead atoms. The summed E-state index contributed by atoms with van der Waals surface area (Å²) in [4.78, 5) is 30.2. The van der Waals surface area contributed by atoms with Crippen LogP contribution < -0.4 is 18.9 Å². The molecule has 3 aromatic carbocycles. The average Bonchev–Trinajstić information content (AvgIpc) is 3.50. The number of carboxylic acid groups (broad SMARTS) is 1. The maximum absolute atomic E-state index is 13.4. The first kappa shape index (κ1) is 28.6. The molecule has 0 fully saturated rings. The van der Waals surface area contributed by atoms with E-state index in [4.69, 9.17) is 18.9 Å². The van der Waals surface area contributed by atoms with Gasteiger partial charge in [0.2, 0.25) is 6.79 Å². The van der Waals surface area contributed by atoms with Crippen LogP contribution in [0.2, 0.25) is 0 Å². The van der Waals surface area contributed by atoms with Crippen LogP contribution in [0.5, 0.6) is 23.0 Å². The van der Waals surface area contributed by atoms with Gasteiger partial charge in [-0.25, -0.2) is 4.79 Å². The van der Waals surface area contributed by atoms with Gasteiger partial charge in [0.1, 0.15) is 11.5 Å². The average molecular weight is 571 g/mol. The topological polar surface area (TPSA) is 97.8 Å². The van der Waals surface area contributed by atoms with Gasteiger partial charge in [0.05, 0.1) is 25.5 Å². The SMILES string of the molecule is CCCN(CCN1CC=C(c2ccc3c(c2)OCO3)C(C(=O)O)=C1c1ccc(OC)cc1)C(=O)c1ccc(OC)cc1. The predicted molar refractivity (Wildman–Crippen MR) is 159 cm³/mol. The summed E-state index contributed by atoms with van der Waals surface area (Å²) in [5.41, 5.74) is 3.39. The number of amides is 1. The summed E-state index contributed by atoms with van der Waals surface area (Å²) in [7, 11) is 3.18. The van der Waals surface area contributed by atoms with E-state index in [0.29, 0.717) is 66.0 Å². The van der Waals surface area contributed by atoms with Gasteiger partial charge in [0.25, 0.3) is 5.91 Å². The van der Waals surface area contributed by atoms with Gasteiger partial charge in [0, 0.05) is 31.7 Å². The van der Waals surface area contributed by atoms with Crippen molar-refractivity contribution in [1.82, 2.24) is 9.80 Å². The third-order valence-corrected chi connectivity index (χ3v) is 7.36. The first-order valence-corrected chi connectivity index (χ1v) is 13.8. The first-order chi connectivity index (χ1) is 20.4. The molecule has 0 atom stereocenters. The molecule has 2 heterocycles. The minimum atomic E-state index is -1.05. The van der Waals surface area contributed by atoms with E-state index in [1.807, 2.05) is 59.2 Å². The van der Waals surface area contributed by atoms with Gasteiger partial charge in [-0.05, 0) is 83.8 Å². The second kappa shape index (κ2) is 12.7. The van der Waals surface area contributed by atoms with E-state index in [9.17, 15) is 14.7 Å². The van der Waals surface area contributed by atoms with Crippen molar-refractivity contribution in [3.05, 3.63) is 95.1 Å². The molecule has 9 nitrogen and oxygen atoms in total. The van der Waals surface area contributed by atoms with Crippen molar-refractivity contribution < 1.29 is 33.6 Å². The molecule has 5 rings (SSSR count). The Balaban J connectivity index is 1.49. The maximum atomic E-state index is 13.4. The second-order valence-electron chi connectivity index (χ2n) is 9.91. The van der Waals surface area contributed by atoms with Crippen LogP contribution in [0.4, 0.5) is 0 Å². The Kier molecular flexibility index (Phi) is 8.66. The zero-order valence-corrected chi connectivity index (χ0v) is 24.0. The minimum Gasteiger partial charge on any atom is -0.497 e. The molecule has 9 heteroatoms. The van der Waals surface area contributed by atoms with E-state index in [2.05, 4.69) is 0 Å². The molecule has 2 aliphatic rings. The van der Waals surface area contributed by atoms with Crippen LogP contribution in [-0.4, -0.2) is 74.0 Å². The standard InChI is InChI=1S/C33H34N2O7/c1-4-16-35(32(36)23-7-12-26(40-3)13-8-23)19-18-34-17-15-27(24-9-14-28-29(20-24)42-21-41-28)30(33(37)38)31(34)22-5-10-25(39-2)11-6-22/h5-15,20H,4,16-19,21H2,1-3H3,(H,37,38). The Morgan fingerprint density at radius 1 is 0.881 bits per heavy atom. The van der Waals surface area contributed by atoms with E-state index in [0.717, 1.165) is 17.5 Å². The van der Waals surface area contributed by atoms with Crippen LogP contribution in [0.1, 0.15) is 34.8 Å². The van der Waals surface area contributed by atoms with Crippen LogP contribution in [0.25, 0.3) is 11.3 Å². The summed E-state index contributed by atoms with van der Waals surface area (Å²) in [6.07, 6.45) is 2.71. The van der Waals surface area contributed by atoms with Crippen LogP contribution >= 0.6 is 0 Å². The zero-order chi connectivity index (χ0) is 29.6. The lowest BCUT2D eigenvalue weighted by atomic mass is 9.90. The van der Waals surface area contributed by atoms with Crippen LogP contribution in [0.15, 0.2) is 78.4 Å². The molecule has 0 unspecified atom stereocenters. The van der Waals surface area contributed by atoms with Crippen molar-refractivity contribution in [3.8, 4) is 23.0 Å². The fraction of sp³-hybridized carbons (Fsp3) is 0.273. The highest BCUT2D eigenvalue weighted by Crippen LogP contribution is 2.40. The molecule has 0 spiro atoms. The van der Waals surface area contributed by atoms with Gasteiger partial charge in [-0.2, -0.15) is 0 Å². The largest absolute Gasteiger partial charge is 0.497 e. The number of carbonyl (C=O) groups is 2. The number of aliphatic carboxylic acids is 1. The lowest BCUT2D eigenvalue weighted by Crippen LogP contribution is -2.40. The molecular weight excluding hydrogens is 536 g/mol. The molecule has 0 saturated heterocycles. The molecule has 2 aliphatic heterocycles. The molecule has 1 amide bonds. The summed E-state index contributed by atoms with van der Waals surface area (Å²) < 4.78 is 21.6. The van der Waals surface area contributed by atoms with Crippen LogP contribution in [-0.2, 0) is 4.79 Å². The Labute approximate surface area is 245 Å². The van der Waals surface area contributed by atoms with E-state index >= 15 is 0 Å². The van der Waals surface area contributed by atoms with Gasteiger partial charge in [-0.1, -0.05) is 19.1 Å². The Morgan fingerprint density at radius 2 is 1.52 bits per heavy atom. The number of fused-ring (bicyclic) bond motifs is 1. The number of carbonyl (C=O) groups excluding carboxylic acids is 1. The monoisotopic (exact) mass is 570 g/mol. The van der Waals surface area contributed by atoms with Crippen LogP contribution in [0.3, 0.4) is 0 Å². The number of nitrogens with zero attached hydrogens (tertiary/aromatic N) is 2.